The molecule has 3 rings (SSSR count). The average Bonchev–Trinajstić information content (AvgIpc) is 3.00. The number of nitrogens with one attached hydrogen (secondary N) is 1. The highest BCUT2D eigenvalue weighted by Gasteiger charge is 2.39. The Hall–Kier alpha value is -2.64. The van der Waals surface area contributed by atoms with Gasteiger partial charge in [0.1, 0.15) is 5.25 Å². The number of amidine groups is 1. The van der Waals surface area contributed by atoms with Gasteiger partial charge in [-0.15, -0.1) is 0 Å². The molecule has 1 fully saturated rings. The highest BCUT2D eigenvalue weighted by molar-refractivity contribution is 8.15. The minimum Gasteiger partial charge on any atom is -0.383 e. The molecule has 1 aliphatic heterocycles. The molecule has 7 heteroatoms. The lowest BCUT2D eigenvalue weighted by atomic mass is 10.1. The molecule has 0 saturated carbocycles. The number of hydrogen-bond acceptors (Lipinski definition) is 5. The Morgan fingerprint density at radius 3 is 2.48 bits per heavy atom. The monoisotopic (exact) mass is 439 g/mol. The Labute approximate surface area is 188 Å². The Balaban J connectivity index is 1.79. The maximum absolute atomic E-state index is 13.1. The van der Waals surface area contributed by atoms with Gasteiger partial charge >= 0.3 is 0 Å². The molecule has 31 heavy (non-hydrogen) atoms. The smallest absolute Gasteiger partial charge is 0.242 e. The third kappa shape index (κ3) is 5.74. The molecule has 1 unspecified atom stereocenters. The van der Waals surface area contributed by atoms with E-state index in [0.29, 0.717) is 18.3 Å². The molecule has 0 bridgehead atoms. The number of aliphatic imine (C=N–C) groups is 1. The molecule has 1 atom stereocenters. The second-order valence-corrected chi connectivity index (χ2v) is 9.01. The maximum atomic E-state index is 13.1. The summed E-state index contributed by atoms with van der Waals surface area (Å²) in [5.74, 6) is -0.290. The van der Waals surface area contributed by atoms with Gasteiger partial charge < -0.3 is 10.1 Å². The Morgan fingerprint density at radius 2 is 1.77 bits per heavy atom. The zero-order valence-corrected chi connectivity index (χ0v) is 19.5. The molecule has 0 aliphatic carbocycles. The van der Waals surface area contributed by atoms with Gasteiger partial charge in [-0.2, -0.15) is 0 Å². The van der Waals surface area contributed by atoms with Gasteiger partial charge in [-0.1, -0.05) is 36.0 Å². The van der Waals surface area contributed by atoms with Crippen LogP contribution in [0.15, 0.2) is 41.4 Å². The minimum absolute atomic E-state index is 0.0895. The molecule has 1 aliphatic rings. The molecule has 2 amide bonds. The van der Waals surface area contributed by atoms with Crippen molar-refractivity contribution in [2.75, 3.05) is 25.6 Å². The molecule has 1 heterocycles. The van der Waals surface area contributed by atoms with Crippen molar-refractivity contribution in [3.8, 4) is 0 Å². The minimum atomic E-state index is -0.508. The van der Waals surface area contributed by atoms with Gasteiger partial charge in [0, 0.05) is 19.2 Å². The van der Waals surface area contributed by atoms with Crippen LogP contribution in [0.2, 0.25) is 0 Å². The fourth-order valence-corrected chi connectivity index (χ4v) is 4.47. The van der Waals surface area contributed by atoms with Crippen molar-refractivity contribution in [1.82, 2.24) is 4.90 Å². The number of carbonyl (C=O) groups is 2. The molecular formula is C24H29N3O3S. The number of carbonyl (C=O) groups excluding carboxylic acids is 2. The van der Waals surface area contributed by atoms with E-state index in [2.05, 4.69) is 5.32 Å². The van der Waals surface area contributed by atoms with Crippen molar-refractivity contribution in [2.24, 2.45) is 4.99 Å². The molecule has 164 valence electrons. The van der Waals surface area contributed by atoms with Crippen LogP contribution in [0, 0.1) is 27.7 Å². The van der Waals surface area contributed by atoms with Crippen molar-refractivity contribution >= 4 is 40.1 Å². The fourth-order valence-electron chi connectivity index (χ4n) is 3.30. The zero-order valence-electron chi connectivity index (χ0n) is 18.7. The summed E-state index contributed by atoms with van der Waals surface area (Å²) < 4.78 is 5.18. The summed E-state index contributed by atoms with van der Waals surface area (Å²) in [6.07, 6.45) is 0.0895. The van der Waals surface area contributed by atoms with E-state index in [4.69, 9.17) is 9.73 Å². The largest absolute Gasteiger partial charge is 0.383 e. The molecule has 0 spiro atoms. The number of anilines is 1. The number of hydrogen-bond donors (Lipinski definition) is 1. The van der Waals surface area contributed by atoms with Crippen molar-refractivity contribution in [2.45, 2.75) is 39.4 Å². The van der Waals surface area contributed by atoms with E-state index in [1.54, 1.807) is 12.0 Å². The number of ether oxygens (including phenoxy) is 1. The zero-order chi connectivity index (χ0) is 22.5. The summed E-state index contributed by atoms with van der Waals surface area (Å²) >= 11 is 1.34. The lowest BCUT2D eigenvalue weighted by Gasteiger charge is -2.16. The third-order valence-corrected chi connectivity index (χ3v) is 6.33. The van der Waals surface area contributed by atoms with Crippen molar-refractivity contribution in [3.05, 3.63) is 58.7 Å². The molecule has 0 aromatic heterocycles. The lowest BCUT2D eigenvalue weighted by Crippen LogP contribution is -2.35. The fraction of sp³-hybridized carbons (Fsp3) is 0.375. The summed E-state index contributed by atoms with van der Waals surface area (Å²) in [6, 6.07) is 12.0. The normalized spacial score (nSPS) is 17.5. The molecule has 2 aromatic rings. The van der Waals surface area contributed by atoms with E-state index in [1.165, 1.54) is 11.8 Å². The number of rotatable bonds is 7. The third-order valence-electron chi connectivity index (χ3n) is 5.16. The first-order valence-corrected chi connectivity index (χ1v) is 11.2. The number of thioether (sulfide) groups is 1. The number of nitrogens with zero attached hydrogens (tertiary/aromatic N) is 2. The van der Waals surface area contributed by atoms with Crippen molar-refractivity contribution in [1.29, 1.82) is 0 Å². The van der Waals surface area contributed by atoms with E-state index in [1.807, 2.05) is 64.1 Å². The van der Waals surface area contributed by atoms with E-state index in [9.17, 15) is 9.59 Å². The van der Waals surface area contributed by atoms with Crippen LogP contribution in [0.1, 0.15) is 28.7 Å². The molecule has 6 nitrogen and oxygen atoms in total. The van der Waals surface area contributed by atoms with Crippen LogP contribution < -0.4 is 5.32 Å². The predicted molar refractivity (Wildman–Crippen MR) is 127 cm³/mol. The lowest BCUT2D eigenvalue weighted by molar-refractivity contribution is -0.128. The number of amides is 2. The number of aryl methyl sites for hydroxylation is 4. The van der Waals surface area contributed by atoms with E-state index >= 15 is 0 Å². The quantitative estimate of drug-likeness (QED) is 0.688. The van der Waals surface area contributed by atoms with Crippen LogP contribution in [0.25, 0.3) is 0 Å². The van der Waals surface area contributed by atoms with Crippen LogP contribution >= 0.6 is 11.8 Å². The standard InChI is InChI=1S/C24H29N3O3S/c1-15-6-8-17(3)19(12-15)25-22(28)14-21-23(29)27(10-11-30-5)24(31-21)26-20-13-16(2)7-9-18(20)4/h6-9,12-13,21H,10-11,14H2,1-5H3,(H,25,28). The summed E-state index contributed by atoms with van der Waals surface area (Å²) in [5.41, 5.74) is 5.81. The molecule has 2 aromatic carbocycles. The van der Waals surface area contributed by atoms with Crippen LogP contribution in [-0.2, 0) is 14.3 Å². The summed E-state index contributed by atoms with van der Waals surface area (Å²) in [6.45, 7) is 8.75. The molecule has 1 saturated heterocycles. The summed E-state index contributed by atoms with van der Waals surface area (Å²) in [4.78, 5) is 32.2. The second-order valence-electron chi connectivity index (χ2n) is 7.84. The van der Waals surface area contributed by atoms with E-state index in [0.717, 1.165) is 33.6 Å². The second kappa shape index (κ2) is 10.1. The molecule has 1 N–H and O–H groups in total. The average molecular weight is 440 g/mol. The van der Waals surface area contributed by atoms with Gasteiger partial charge in [0.15, 0.2) is 5.17 Å². The van der Waals surface area contributed by atoms with Crippen LogP contribution in [-0.4, -0.2) is 47.4 Å². The van der Waals surface area contributed by atoms with Crippen LogP contribution in [0.3, 0.4) is 0 Å². The maximum Gasteiger partial charge on any atom is 0.242 e. The van der Waals surface area contributed by atoms with Gasteiger partial charge in [0.2, 0.25) is 11.8 Å². The predicted octanol–water partition coefficient (Wildman–Crippen LogP) is 4.53. The van der Waals surface area contributed by atoms with Crippen LogP contribution in [0.5, 0.6) is 0 Å². The van der Waals surface area contributed by atoms with Crippen LogP contribution in [0.4, 0.5) is 11.4 Å². The Kier molecular flexibility index (Phi) is 7.51. The highest BCUT2D eigenvalue weighted by atomic mass is 32.2. The van der Waals surface area contributed by atoms with Crippen molar-refractivity contribution < 1.29 is 14.3 Å². The number of methoxy groups -OCH3 is 1. The molecule has 0 radical (unpaired) electrons. The topological polar surface area (TPSA) is 71.0 Å². The summed E-state index contributed by atoms with van der Waals surface area (Å²) in [7, 11) is 1.60. The van der Waals surface area contributed by atoms with Crippen molar-refractivity contribution in [3.63, 3.8) is 0 Å². The SMILES string of the molecule is COCCN1C(=O)C(CC(=O)Nc2cc(C)ccc2C)SC1=Nc1cc(C)ccc1C. The van der Waals surface area contributed by atoms with E-state index in [-0.39, 0.29) is 18.2 Å². The van der Waals surface area contributed by atoms with Gasteiger partial charge in [-0.3, -0.25) is 14.5 Å². The number of benzene rings is 2. The first kappa shape index (κ1) is 23.0. The first-order valence-electron chi connectivity index (χ1n) is 10.3. The summed E-state index contributed by atoms with van der Waals surface area (Å²) in [5, 5.41) is 3.05. The van der Waals surface area contributed by atoms with Gasteiger partial charge in [-0.25, -0.2) is 4.99 Å². The Morgan fingerprint density at radius 1 is 1.10 bits per heavy atom. The first-order chi connectivity index (χ1) is 14.8. The molecular weight excluding hydrogens is 410 g/mol. The Bertz CT molecular complexity index is 1020. The van der Waals surface area contributed by atoms with E-state index < -0.39 is 5.25 Å². The van der Waals surface area contributed by atoms with Gasteiger partial charge in [0.25, 0.3) is 0 Å². The van der Waals surface area contributed by atoms with Gasteiger partial charge in [0.05, 0.1) is 18.8 Å². The highest BCUT2D eigenvalue weighted by Crippen LogP contribution is 2.33. The van der Waals surface area contributed by atoms with Gasteiger partial charge in [-0.05, 0) is 62.1 Å².